The van der Waals surface area contributed by atoms with Crippen LogP contribution in [0.15, 0.2) is 34.9 Å². The molecule has 0 amide bonds. The second-order valence-electron chi connectivity index (χ2n) is 3.17. The predicted molar refractivity (Wildman–Crippen MR) is 59.2 cm³/mol. The van der Waals surface area contributed by atoms with Gasteiger partial charge in [0.2, 0.25) is 11.7 Å². The van der Waals surface area contributed by atoms with Gasteiger partial charge in [0.1, 0.15) is 5.75 Å². The minimum Gasteiger partial charge on any atom is -0.484 e. The molecular weight excluding hydrogens is 246 g/mol. The fourth-order valence-corrected chi connectivity index (χ4v) is 1.36. The van der Waals surface area contributed by atoms with Gasteiger partial charge in [0.15, 0.2) is 6.61 Å². The molecule has 2 rings (SSSR count). The second kappa shape index (κ2) is 4.88. The fraction of sp³-hybridized carbons (Fsp3) is 0.0909. The highest BCUT2D eigenvalue weighted by atomic mass is 35.5. The predicted octanol–water partition coefficient (Wildman–Crippen LogP) is 2.61. The van der Waals surface area contributed by atoms with E-state index in [9.17, 15) is 4.79 Å². The molecule has 2 aromatic rings. The molecule has 0 unspecified atom stereocenters. The molecule has 0 bridgehead atoms. The van der Waals surface area contributed by atoms with Gasteiger partial charge >= 0.3 is 5.97 Å². The van der Waals surface area contributed by atoms with Gasteiger partial charge < -0.3 is 14.3 Å². The molecule has 0 saturated heterocycles. The monoisotopic (exact) mass is 253 g/mol. The average molecular weight is 254 g/mol. The molecule has 5 nitrogen and oxygen atoms in total. The highest BCUT2D eigenvalue weighted by Crippen LogP contribution is 2.18. The number of halogens is 1. The normalized spacial score (nSPS) is 10.2. The van der Waals surface area contributed by atoms with Crippen molar-refractivity contribution in [2.45, 2.75) is 6.61 Å². The Hall–Kier alpha value is -2.01. The van der Waals surface area contributed by atoms with Crippen LogP contribution in [-0.4, -0.2) is 16.1 Å². The van der Waals surface area contributed by atoms with Gasteiger partial charge in [0.25, 0.3) is 0 Å². The minimum absolute atomic E-state index is 0.0492. The largest absolute Gasteiger partial charge is 0.484 e. The van der Waals surface area contributed by atoms with Crippen LogP contribution in [-0.2, 0) is 6.61 Å². The molecule has 0 fully saturated rings. The topological polar surface area (TPSA) is 72.6 Å². The SMILES string of the molecule is O=C(O)c1cnc(COc2cccc(Cl)c2)o1. The number of carboxylic acids is 1. The van der Waals surface area contributed by atoms with E-state index < -0.39 is 5.97 Å². The van der Waals surface area contributed by atoms with Crippen LogP contribution in [0, 0.1) is 0 Å². The first kappa shape index (κ1) is 11.5. The molecule has 0 aliphatic rings. The third-order valence-electron chi connectivity index (χ3n) is 1.92. The van der Waals surface area contributed by atoms with Crippen molar-refractivity contribution in [2.24, 2.45) is 0 Å². The first-order chi connectivity index (χ1) is 8.15. The number of carbonyl (C=O) groups is 1. The number of nitrogens with zero attached hydrogens (tertiary/aromatic N) is 1. The summed E-state index contributed by atoms with van der Waals surface area (Å²) in [5, 5.41) is 9.18. The Balaban J connectivity index is 2.00. The number of ether oxygens (including phenoxy) is 1. The summed E-state index contributed by atoms with van der Waals surface area (Å²) in [6.45, 7) is 0.0492. The summed E-state index contributed by atoms with van der Waals surface area (Å²) in [6, 6.07) is 6.84. The van der Waals surface area contributed by atoms with Gasteiger partial charge in [-0.1, -0.05) is 17.7 Å². The molecule has 0 aliphatic carbocycles. The minimum atomic E-state index is -1.16. The van der Waals surface area contributed by atoms with Crippen molar-refractivity contribution in [3.8, 4) is 5.75 Å². The number of benzene rings is 1. The van der Waals surface area contributed by atoms with Gasteiger partial charge in [-0.3, -0.25) is 0 Å². The molecule has 1 N–H and O–H groups in total. The second-order valence-corrected chi connectivity index (χ2v) is 3.61. The van der Waals surface area contributed by atoms with Crippen LogP contribution in [0.3, 0.4) is 0 Å². The molecule has 0 atom stereocenters. The van der Waals surface area contributed by atoms with E-state index >= 15 is 0 Å². The number of aromatic carboxylic acids is 1. The van der Waals surface area contributed by atoms with Crippen LogP contribution in [0.2, 0.25) is 5.02 Å². The molecule has 0 saturated carbocycles. The number of aromatic nitrogens is 1. The average Bonchev–Trinajstić information content (AvgIpc) is 2.75. The quantitative estimate of drug-likeness (QED) is 0.907. The molecule has 17 heavy (non-hydrogen) atoms. The number of carboxylic acid groups (broad SMARTS) is 1. The molecule has 88 valence electrons. The lowest BCUT2D eigenvalue weighted by Crippen LogP contribution is -1.95. The van der Waals surface area contributed by atoms with Crippen molar-refractivity contribution >= 4 is 17.6 Å². The number of rotatable bonds is 4. The van der Waals surface area contributed by atoms with E-state index in [1.807, 2.05) is 0 Å². The van der Waals surface area contributed by atoms with Gasteiger partial charge in [0.05, 0.1) is 6.20 Å². The Morgan fingerprint density at radius 1 is 1.53 bits per heavy atom. The van der Waals surface area contributed by atoms with E-state index in [1.54, 1.807) is 24.3 Å². The summed E-state index contributed by atoms with van der Waals surface area (Å²) in [5.74, 6) is -0.615. The van der Waals surface area contributed by atoms with Crippen LogP contribution in [0.1, 0.15) is 16.4 Å². The molecule has 0 spiro atoms. The van der Waals surface area contributed by atoms with Crippen molar-refractivity contribution < 1.29 is 19.1 Å². The molecule has 1 heterocycles. The maximum absolute atomic E-state index is 10.5. The molecule has 0 radical (unpaired) electrons. The van der Waals surface area contributed by atoms with Crippen LogP contribution < -0.4 is 4.74 Å². The van der Waals surface area contributed by atoms with Crippen molar-refractivity contribution in [3.05, 3.63) is 47.1 Å². The van der Waals surface area contributed by atoms with Gasteiger partial charge in [-0.25, -0.2) is 9.78 Å². The van der Waals surface area contributed by atoms with Crippen molar-refractivity contribution in [3.63, 3.8) is 0 Å². The third kappa shape index (κ3) is 2.98. The number of hydrogen-bond acceptors (Lipinski definition) is 4. The Morgan fingerprint density at radius 3 is 3.00 bits per heavy atom. The Bertz CT molecular complexity index is 538. The van der Waals surface area contributed by atoms with E-state index in [0.717, 1.165) is 6.20 Å². The molecular formula is C11H8ClNO4. The maximum Gasteiger partial charge on any atom is 0.373 e. The van der Waals surface area contributed by atoms with E-state index in [4.69, 9.17) is 25.9 Å². The van der Waals surface area contributed by atoms with E-state index in [-0.39, 0.29) is 18.3 Å². The fourth-order valence-electron chi connectivity index (χ4n) is 1.18. The number of oxazole rings is 1. The summed E-state index contributed by atoms with van der Waals surface area (Å²) in [7, 11) is 0. The van der Waals surface area contributed by atoms with Gasteiger partial charge in [-0.05, 0) is 18.2 Å². The molecule has 1 aromatic heterocycles. The number of hydrogen-bond donors (Lipinski definition) is 1. The van der Waals surface area contributed by atoms with E-state index in [2.05, 4.69) is 4.98 Å². The van der Waals surface area contributed by atoms with Gasteiger partial charge in [-0.2, -0.15) is 0 Å². The summed E-state index contributed by atoms with van der Waals surface area (Å²) in [4.78, 5) is 14.3. The van der Waals surface area contributed by atoms with E-state index in [0.29, 0.717) is 10.8 Å². The van der Waals surface area contributed by atoms with Gasteiger partial charge in [0, 0.05) is 5.02 Å². The summed E-state index contributed by atoms with van der Waals surface area (Å²) >= 11 is 5.78. The Kier molecular flexibility index (Phi) is 3.30. The standard InChI is InChI=1S/C11H8ClNO4/c12-7-2-1-3-8(4-7)16-6-10-13-5-9(17-10)11(14)15/h1-5H,6H2,(H,14,15). The first-order valence-corrected chi connectivity index (χ1v) is 5.09. The molecule has 1 aromatic carbocycles. The molecule has 6 heteroatoms. The van der Waals surface area contributed by atoms with Crippen LogP contribution >= 0.6 is 11.6 Å². The highest BCUT2D eigenvalue weighted by molar-refractivity contribution is 6.30. The first-order valence-electron chi connectivity index (χ1n) is 4.71. The van der Waals surface area contributed by atoms with Gasteiger partial charge in [-0.15, -0.1) is 0 Å². The zero-order valence-corrected chi connectivity index (χ0v) is 9.35. The Morgan fingerprint density at radius 2 is 2.35 bits per heavy atom. The third-order valence-corrected chi connectivity index (χ3v) is 2.16. The smallest absolute Gasteiger partial charge is 0.373 e. The summed E-state index contributed by atoms with van der Waals surface area (Å²) < 4.78 is 10.3. The van der Waals surface area contributed by atoms with E-state index in [1.165, 1.54) is 0 Å². The Labute approximate surface area is 102 Å². The van der Waals surface area contributed by atoms with Crippen LogP contribution in [0.25, 0.3) is 0 Å². The molecule has 0 aliphatic heterocycles. The van der Waals surface area contributed by atoms with Crippen LogP contribution in [0.5, 0.6) is 5.75 Å². The van der Waals surface area contributed by atoms with Crippen molar-refractivity contribution in [2.75, 3.05) is 0 Å². The highest BCUT2D eigenvalue weighted by Gasteiger charge is 2.10. The zero-order chi connectivity index (χ0) is 12.3. The maximum atomic E-state index is 10.5. The van der Waals surface area contributed by atoms with Crippen molar-refractivity contribution in [1.82, 2.24) is 4.98 Å². The lowest BCUT2D eigenvalue weighted by Gasteiger charge is -2.02. The zero-order valence-electron chi connectivity index (χ0n) is 8.59. The lowest BCUT2D eigenvalue weighted by atomic mass is 10.3. The van der Waals surface area contributed by atoms with Crippen LogP contribution in [0.4, 0.5) is 0 Å². The van der Waals surface area contributed by atoms with Crippen molar-refractivity contribution in [1.29, 1.82) is 0 Å². The summed E-state index contributed by atoms with van der Waals surface area (Å²) in [5.41, 5.74) is 0. The lowest BCUT2D eigenvalue weighted by molar-refractivity contribution is 0.0658. The summed E-state index contributed by atoms with van der Waals surface area (Å²) in [6.07, 6.45) is 1.14.